The molecule has 1 atom stereocenters. The maximum atomic E-state index is 12.0. The van der Waals surface area contributed by atoms with Gasteiger partial charge in [-0.15, -0.1) is 11.3 Å². The molecule has 1 aliphatic rings. The van der Waals surface area contributed by atoms with Gasteiger partial charge in [0.25, 0.3) is 0 Å². The molecule has 0 saturated carbocycles. The Balaban J connectivity index is 1.77. The zero-order chi connectivity index (χ0) is 13.0. The van der Waals surface area contributed by atoms with Gasteiger partial charge in [0.1, 0.15) is 0 Å². The van der Waals surface area contributed by atoms with E-state index in [9.17, 15) is 4.79 Å². The number of ether oxygens (including phenoxy) is 1. The minimum atomic E-state index is 0.141. The number of rotatable bonds is 5. The molecular weight excluding hydrogens is 248 g/mol. The maximum Gasteiger partial charge on any atom is 0.236 e. The molecule has 0 aromatic carbocycles. The minimum Gasteiger partial charge on any atom is -0.380 e. The SMILES string of the molecule is COC(C)CNCC(=O)N1CCc2sccc2C1. The van der Waals surface area contributed by atoms with E-state index in [2.05, 4.69) is 16.8 Å². The van der Waals surface area contributed by atoms with Gasteiger partial charge in [-0.05, 0) is 30.4 Å². The largest absolute Gasteiger partial charge is 0.380 e. The van der Waals surface area contributed by atoms with E-state index in [1.807, 2.05) is 11.8 Å². The molecule has 1 unspecified atom stereocenters. The fourth-order valence-corrected chi connectivity index (χ4v) is 2.93. The zero-order valence-electron chi connectivity index (χ0n) is 10.9. The van der Waals surface area contributed by atoms with Crippen LogP contribution in [0.15, 0.2) is 11.4 Å². The second-order valence-corrected chi connectivity index (χ2v) is 5.61. The standard InChI is InChI=1S/C13H20N2O2S/c1-10(17-2)7-14-8-13(16)15-5-3-12-11(9-15)4-6-18-12/h4,6,10,14H,3,5,7-9H2,1-2H3. The van der Waals surface area contributed by atoms with Crippen molar-refractivity contribution in [2.45, 2.75) is 26.0 Å². The topological polar surface area (TPSA) is 41.6 Å². The van der Waals surface area contributed by atoms with Crippen LogP contribution in [-0.4, -0.2) is 43.7 Å². The van der Waals surface area contributed by atoms with Gasteiger partial charge in [-0.25, -0.2) is 0 Å². The smallest absolute Gasteiger partial charge is 0.236 e. The van der Waals surface area contributed by atoms with Crippen LogP contribution in [0.1, 0.15) is 17.4 Å². The number of methoxy groups -OCH3 is 1. The molecule has 2 heterocycles. The summed E-state index contributed by atoms with van der Waals surface area (Å²) in [5.74, 6) is 0.176. The number of nitrogens with one attached hydrogen (secondary N) is 1. The Morgan fingerprint density at radius 2 is 2.50 bits per heavy atom. The summed E-state index contributed by atoms with van der Waals surface area (Å²) in [4.78, 5) is 15.4. The summed E-state index contributed by atoms with van der Waals surface area (Å²) < 4.78 is 5.13. The summed E-state index contributed by atoms with van der Waals surface area (Å²) in [6, 6.07) is 2.12. The molecule has 1 aliphatic heterocycles. The second kappa shape index (κ2) is 6.31. The molecule has 1 aromatic rings. The van der Waals surface area contributed by atoms with E-state index in [1.54, 1.807) is 18.4 Å². The van der Waals surface area contributed by atoms with Gasteiger partial charge in [-0.3, -0.25) is 4.79 Å². The van der Waals surface area contributed by atoms with Crippen LogP contribution in [0.2, 0.25) is 0 Å². The van der Waals surface area contributed by atoms with Crippen molar-refractivity contribution in [3.05, 3.63) is 21.9 Å². The van der Waals surface area contributed by atoms with Gasteiger partial charge in [0.15, 0.2) is 0 Å². The van der Waals surface area contributed by atoms with Crippen LogP contribution in [-0.2, 0) is 22.5 Å². The van der Waals surface area contributed by atoms with E-state index in [1.165, 1.54) is 10.4 Å². The predicted octanol–water partition coefficient (Wildman–Crippen LogP) is 1.26. The third kappa shape index (κ3) is 3.31. The van der Waals surface area contributed by atoms with Gasteiger partial charge < -0.3 is 15.0 Å². The van der Waals surface area contributed by atoms with Crippen LogP contribution in [0.4, 0.5) is 0 Å². The maximum absolute atomic E-state index is 12.0. The van der Waals surface area contributed by atoms with Crippen LogP contribution >= 0.6 is 11.3 Å². The Bertz CT molecular complexity index is 405. The molecule has 0 bridgehead atoms. The van der Waals surface area contributed by atoms with Crippen LogP contribution in [0, 0.1) is 0 Å². The summed E-state index contributed by atoms with van der Waals surface area (Å²) in [6.45, 7) is 4.69. The first kappa shape index (κ1) is 13.5. The van der Waals surface area contributed by atoms with E-state index >= 15 is 0 Å². The van der Waals surface area contributed by atoms with E-state index in [-0.39, 0.29) is 12.0 Å². The molecule has 0 radical (unpaired) electrons. The third-order valence-electron chi connectivity index (χ3n) is 3.27. The molecule has 0 spiro atoms. The van der Waals surface area contributed by atoms with Crippen molar-refractivity contribution in [1.29, 1.82) is 0 Å². The lowest BCUT2D eigenvalue weighted by Crippen LogP contribution is -2.42. The highest BCUT2D eigenvalue weighted by Gasteiger charge is 2.20. The first-order chi connectivity index (χ1) is 8.70. The van der Waals surface area contributed by atoms with Crippen molar-refractivity contribution < 1.29 is 9.53 Å². The zero-order valence-corrected chi connectivity index (χ0v) is 11.8. The van der Waals surface area contributed by atoms with Crippen LogP contribution < -0.4 is 5.32 Å². The minimum absolute atomic E-state index is 0.141. The first-order valence-corrected chi connectivity index (χ1v) is 7.15. The molecule has 0 saturated heterocycles. The lowest BCUT2D eigenvalue weighted by Gasteiger charge is -2.27. The van der Waals surface area contributed by atoms with Crippen molar-refractivity contribution in [3.8, 4) is 0 Å². The molecule has 100 valence electrons. The molecule has 1 aromatic heterocycles. The molecular formula is C13H20N2O2S. The number of amides is 1. The monoisotopic (exact) mass is 268 g/mol. The average molecular weight is 268 g/mol. The number of nitrogens with zero attached hydrogens (tertiary/aromatic N) is 1. The number of carbonyl (C=O) groups is 1. The van der Waals surface area contributed by atoms with E-state index in [0.29, 0.717) is 13.1 Å². The summed E-state index contributed by atoms with van der Waals surface area (Å²) in [7, 11) is 1.68. The highest BCUT2D eigenvalue weighted by Crippen LogP contribution is 2.23. The van der Waals surface area contributed by atoms with Gasteiger partial charge in [0, 0.05) is 31.6 Å². The molecule has 0 fully saturated rings. The molecule has 0 aliphatic carbocycles. The van der Waals surface area contributed by atoms with Gasteiger partial charge >= 0.3 is 0 Å². The van der Waals surface area contributed by atoms with E-state index in [0.717, 1.165) is 19.5 Å². The van der Waals surface area contributed by atoms with Gasteiger partial charge in [-0.1, -0.05) is 0 Å². The predicted molar refractivity (Wildman–Crippen MR) is 72.8 cm³/mol. The number of hydrogen-bond donors (Lipinski definition) is 1. The van der Waals surface area contributed by atoms with Gasteiger partial charge in [-0.2, -0.15) is 0 Å². The molecule has 1 amide bonds. The highest BCUT2D eigenvalue weighted by atomic mass is 32.1. The van der Waals surface area contributed by atoms with Crippen molar-refractivity contribution in [2.75, 3.05) is 26.7 Å². The van der Waals surface area contributed by atoms with Crippen molar-refractivity contribution in [1.82, 2.24) is 10.2 Å². The molecule has 5 heteroatoms. The van der Waals surface area contributed by atoms with Crippen molar-refractivity contribution in [3.63, 3.8) is 0 Å². The van der Waals surface area contributed by atoms with Crippen LogP contribution in [0.3, 0.4) is 0 Å². The Hall–Kier alpha value is -0.910. The lowest BCUT2D eigenvalue weighted by atomic mass is 10.1. The molecule has 2 rings (SSSR count). The average Bonchev–Trinajstić information content (AvgIpc) is 2.85. The van der Waals surface area contributed by atoms with Crippen LogP contribution in [0.25, 0.3) is 0 Å². The first-order valence-electron chi connectivity index (χ1n) is 6.27. The Kier molecular flexibility index (Phi) is 4.74. The molecule has 18 heavy (non-hydrogen) atoms. The summed E-state index contributed by atoms with van der Waals surface area (Å²) in [5, 5.41) is 5.25. The van der Waals surface area contributed by atoms with E-state index in [4.69, 9.17) is 4.74 Å². The van der Waals surface area contributed by atoms with Gasteiger partial charge in [0.05, 0.1) is 12.6 Å². The highest BCUT2D eigenvalue weighted by molar-refractivity contribution is 7.10. The van der Waals surface area contributed by atoms with Crippen molar-refractivity contribution in [2.24, 2.45) is 0 Å². The second-order valence-electron chi connectivity index (χ2n) is 4.61. The summed E-state index contributed by atoms with van der Waals surface area (Å²) >= 11 is 1.79. The third-order valence-corrected chi connectivity index (χ3v) is 4.29. The van der Waals surface area contributed by atoms with Crippen molar-refractivity contribution >= 4 is 17.2 Å². The normalized spacial score (nSPS) is 16.4. The summed E-state index contributed by atoms with van der Waals surface area (Å²) in [6.07, 6.45) is 1.13. The number of fused-ring (bicyclic) bond motifs is 1. The summed E-state index contributed by atoms with van der Waals surface area (Å²) in [5.41, 5.74) is 1.31. The Morgan fingerprint density at radius 3 is 3.28 bits per heavy atom. The number of hydrogen-bond acceptors (Lipinski definition) is 4. The van der Waals surface area contributed by atoms with E-state index < -0.39 is 0 Å². The Labute approximate surface area is 112 Å². The Morgan fingerprint density at radius 1 is 1.67 bits per heavy atom. The fraction of sp³-hybridized carbons (Fsp3) is 0.615. The number of thiophene rings is 1. The molecule has 4 nitrogen and oxygen atoms in total. The molecule has 1 N–H and O–H groups in total. The van der Waals surface area contributed by atoms with Crippen LogP contribution in [0.5, 0.6) is 0 Å². The number of carbonyl (C=O) groups excluding carboxylic acids is 1. The fourth-order valence-electron chi connectivity index (χ4n) is 2.04. The van der Waals surface area contributed by atoms with Gasteiger partial charge in [0.2, 0.25) is 5.91 Å². The quantitative estimate of drug-likeness (QED) is 0.874. The lowest BCUT2D eigenvalue weighted by molar-refractivity contribution is -0.131.